The van der Waals surface area contributed by atoms with E-state index in [9.17, 15) is 4.79 Å². The number of carbonyl (C=O) groups is 1. The molecule has 0 aliphatic carbocycles. The van der Waals surface area contributed by atoms with E-state index in [0.29, 0.717) is 31.3 Å². The highest BCUT2D eigenvalue weighted by atomic mass is 16.5. The van der Waals surface area contributed by atoms with Gasteiger partial charge in [0.2, 0.25) is 11.8 Å². The minimum Gasteiger partial charge on any atom is -0.479 e. The molecule has 20 heavy (non-hydrogen) atoms. The number of nitrogens with zero attached hydrogens (tertiary/aromatic N) is 2. The van der Waals surface area contributed by atoms with Gasteiger partial charge >= 0.3 is 0 Å². The van der Waals surface area contributed by atoms with Gasteiger partial charge in [0.25, 0.3) is 0 Å². The molecule has 1 fully saturated rings. The van der Waals surface area contributed by atoms with Gasteiger partial charge in [-0.05, 0) is 6.07 Å². The summed E-state index contributed by atoms with van der Waals surface area (Å²) in [6.45, 7) is 1.66. The number of nitrogens with one attached hydrogen (secondary N) is 2. The number of anilines is 2. The maximum atomic E-state index is 12.3. The van der Waals surface area contributed by atoms with Gasteiger partial charge in [0.15, 0.2) is 0 Å². The third-order valence-electron chi connectivity index (χ3n) is 3.06. The molecule has 1 unspecified atom stereocenters. The van der Waals surface area contributed by atoms with Gasteiger partial charge in [-0.15, -0.1) is 0 Å². The highest BCUT2D eigenvalue weighted by molar-refractivity contribution is 5.99. The van der Waals surface area contributed by atoms with E-state index in [0.717, 1.165) is 5.69 Å². The van der Waals surface area contributed by atoms with Gasteiger partial charge in [-0.25, -0.2) is 4.98 Å². The molecule has 1 aromatic heterocycles. The Morgan fingerprint density at radius 3 is 3.00 bits per heavy atom. The molecule has 7 nitrogen and oxygen atoms in total. The van der Waals surface area contributed by atoms with Crippen molar-refractivity contribution < 1.29 is 14.3 Å². The molecule has 7 heteroatoms. The zero-order valence-corrected chi connectivity index (χ0v) is 12.0. The van der Waals surface area contributed by atoms with E-state index in [1.165, 1.54) is 7.11 Å². The third-order valence-corrected chi connectivity index (χ3v) is 3.06. The van der Waals surface area contributed by atoms with Crippen LogP contribution >= 0.6 is 0 Å². The summed E-state index contributed by atoms with van der Waals surface area (Å²) in [5, 5.41) is 5.98. The van der Waals surface area contributed by atoms with E-state index < -0.39 is 0 Å². The average Bonchev–Trinajstić information content (AvgIpc) is 2.48. The quantitative estimate of drug-likeness (QED) is 0.814. The van der Waals surface area contributed by atoms with Crippen LogP contribution in [0.25, 0.3) is 0 Å². The maximum Gasteiger partial charge on any atom is 0.244 e. The first-order valence-corrected chi connectivity index (χ1v) is 6.45. The van der Waals surface area contributed by atoms with Gasteiger partial charge in [0.1, 0.15) is 11.7 Å². The molecule has 0 saturated carbocycles. The van der Waals surface area contributed by atoms with Crippen LogP contribution < -0.4 is 20.3 Å². The van der Waals surface area contributed by atoms with Crippen molar-refractivity contribution in [3.8, 4) is 5.88 Å². The van der Waals surface area contributed by atoms with Gasteiger partial charge in [0.05, 0.1) is 26.0 Å². The second-order valence-electron chi connectivity index (χ2n) is 4.68. The Kier molecular flexibility index (Phi) is 4.75. The van der Waals surface area contributed by atoms with E-state index >= 15 is 0 Å². The van der Waals surface area contributed by atoms with Gasteiger partial charge in [-0.3, -0.25) is 4.79 Å². The molecule has 1 saturated heterocycles. The summed E-state index contributed by atoms with van der Waals surface area (Å²) in [7, 11) is 5.32. The number of amides is 1. The SMILES string of the molecule is COc1nccc(N(C)C)c1NC(=O)C1COCCN1. The molecule has 1 aliphatic heterocycles. The molecule has 1 aromatic rings. The molecule has 110 valence electrons. The molecule has 1 aliphatic rings. The number of morpholine rings is 1. The van der Waals surface area contributed by atoms with Crippen molar-refractivity contribution >= 4 is 17.3 Å². The Balaban J connectivity index is 2.20. The predicted molar refractivity (Wildman–Crippen MR) is 76.4 cm³/mol. The largest absolute Gasteiger partial charge is 0.479 e. The molecule has 2 heterocycles. The lowest BCUT2D eigenvalue weighted by Gasteiger charge is -2.25. The molecule has 0 bridgehead atoms. The summed E-state index contributed by atoms with van der Waals surface area (Å²) < 4.78 is 10.5. The van der Waals surface area contributed by atoms with Crippen LogP contribution in [-0.2, 0) is 9.53 Å². The Morgan fingerprint density at radius 1 is 1.60 bits per heavy atom. The van der Waals surface area contributed by atoms with Crippen LogP contribution in [0.3, 0.4) is 0 Å². The molecule has 1 amide bonds. The van der Waals surface area contributed by atoms with Crippen LogP contribution in [0.1, 0.15) is 0 Å². The van der Waals surface area contributed by atoms with Crippen molar-refractivity contribution in [2.45, 2.75) is 6.04 Å². The van der Waals surface area contributed by atoms with Crippen LogP contribution in [0.4, 0.5) is 11.4 Å². The lowest BCUT2D eigenvalue weighted by molar-refractivity contribution is -0.120. The summed E-state index contributed by atoms with van der Waals surface area (Å²) in [5.74, 6) is 0.236. The fourth-order valence-electron chi connectivity index (χ4n) is 2.02. The van der Waals surface area contributed by atoms with Gasteiger partial charge < -0.3 is 25.0 Å². The van der Waals surface area contributed by atoms with Crippen molar-refractivity contribution in [1.82, 2.24) is 10.3 Å². The number of hydrogen-bond acceptors (Lipinski definition) is 6. The van der Waals surface area contributed by atoms with E-state index in [1.54, 1.807) is 6.20 Å². The highest BCUT2D eigenvalue weighted by Crippen LogP contribution is 2.32. The first kappa shape index (κ1) is 14.5. The topological polar surface area (TPSA) is 75.7 Å². The van der Waals surface area contributed by atoms with E-state index in [4.69, 9.17) is 9.47 Å². The van der Waals surface area contributed by atoms with Crippen molar-refractivity contribution in [2.75, 3.05) is 51.2 Å². The zero-order valence-electron chi connectivity index (χ0n) is 12.0. The van der Waals surface area contributed by atoms with Crippen LogP contribution in [0.15, 0.2) is 12.3 Å². The van der Waals surface area contributed by atoms with Gasteiger partial charge in [0, 0.05) is 26.8 Å². The minimum atomic E-state index is -0.358. The fraction of sp³-hybridized carbons (Fsp3) is 0.538. The smallest absolute Gasteiger partial charge is 0.244 e. The van der Waals surface area contributed by atoms with Crippen LogP contribution in [-0.4, -0.2) is 57.9 Å². The number of pyridine rings is 1. The number of methoxy groups -OCH3 is 1. The molecule has 1 atom stereocenters. The summed E-state index contributed by atoms with van der Waals surface area (Å²) >= 11 is 0. The number of ether oxygens (including phenoxy) is 2. The van der Waals surface area contributed by atoms with Crippen molar-refractivity contribution in [1.29, 1.82) is 0 Å². The number of rotatable bonds is 4. The van der Waals surface area contributed by atoms with E-state index in [-0.39, 0.29) is 11.9 Å². The first-order valence-electron chi connectivity index (χ1n) is 6.45. The number of carbonyl (C=O) groups excluding carboxylic acids is 1. The van der Waals surface area contributed by atoms with Crippen molar-refractivity contribution in [3.63, 3.8) is 0 Å². The lowest BCUT2D eigenvalue weighted by atomic mass is 10.2. The van der Waals surface area contributed by atoms with Crippen molar-refractivity contribution in [3.05, 3.63) is 12.3 Å². The third kappa shape index (κ3) is 3.17. The fourth-order valence-corrected chi connectivity index (χ4v) is 2.02. The summed E-state index contributed by atoms with van der Waals surface area (Å²) in [6, 6.07) is 1.46. The average molecular weight is 280 g/mol. The van der Waals surface area contributed by atoms with Crippen molar-refractivity contribution in [2.24, 2.45) is 0 Å². The zero-order chi connectivity index (χ0) is 14.5. The predicted octanol–water partition coefficient (Wildman–Crippen LogP) is 0.0831. The lowest BCUT2D eigenvalue weighted by Crippen LogP contribution is -2.49. The Hall–Kier alpha value is -1.86. The second-order valence-corrected chi connectivity index (χ2v) is 4.68. The van der Waals surface area contributed by atoms with E-state index in [2.05, 4.69) is 15.6 Å². The molecule has 2 N–H and O–H groups in total. The summed E-state index contributed by atoms with van der Waals surface area (Å²) in [5.41, 5.74) is 1.40. The molecular weight excluding hydrogens is 260 g/mol. The highest BCUT2D eigenvalue weighted by Gasteiger charge is 2.24. The van der Waals surface area contributed by atoms with Crippen LogP contribution in [0.5, 0.6) is 5.88 Å². The Bertz CT molecular complexity index is 473. The summed E-state index contributed by atoms with van der Waals surface area (Å²) in [4.78, 5) is 18.3. The van der Waals surface area contributed by atoms with Gasteiger partial charge in [-0.2, -0.15) is 0 Å². The Labute approximate surface area is 118 Å². The molecular formula is C13H20N4O3. The number of hydrogen-bond donors (Lipinski definition) is 2. The summed E-state index contributed by atoms with van der Waals surface area (Å²) in [6.07, 6.45) is 1.64. The normalized spacial score (nSPS) is 18.4. The van der Waals surface area contributed by atoms with Crippen LogP contribution in [0.2, 0.25) is 0 Å². The second kappa shape index (κ2) is 6.53. The molecule has 2 rings (SSSR count). The monoisotopic (exact) mass is 280 g/mol. The Morgan fingerprint density at radius 2 is 2.40 bits per heavy atom. The van der Waals surface area contributed by atoms with Crippen LogP contribution in [0, 0.1) is 0 Å². The molecule has 0 spiro atoms. The van der Waals surface area contributed by atoms with Gasteiger partial charge in [-0.1, -0.05) is 0 Å². The minimum absolute atomic E-state index is 0.154. The molecule has 0 aromatic carbocycles. The molecule has 0 radical (unpaired) electrons. The maximum absolute atomic E-state index is 12.3. The standard InChI is InChI=1S/C13H20N4O3/c1-17(2)10-4-5-15-13(19-3)11(10)16-12(18)9-8-20-7-6-14-9/h4-5,9,14H,6-8H2,1-3H3,(H,16,18). The number of aromatic nitrogens is 1. The van der Waals surface area contributed by atoms with E-state index in [1.807, 2.05) is 25.1 Å². The first-order chi connectivity index (χ1) is 9.63.